The smallest absolute Gasteiger partial charge is 0.151 e. The van der Waals surface area contributed by atoms with Crippen molar-refractivity contribution < 1.29 is 0 Å². The van der Waals surface area contributed by atoms with Crippen molar-refractivity contribution >= 4 is 12.4 Å². The second-order valence-corrected chi connectivity index (χ2v) is 2.02. The van der Waals surface area contributed by atoms with Crippen molar-refractivity contribution in [2.24, 2.45) is 9.98 Å². The van der Waals surface area contributed by atoms with Crippen molar-refractivity contribution in [3.63, 3.8) is 0 Å². The minimum Gasteiger partial charge on any atom is -0.363 e. The molecule has 1 rings (SSSR count). The first-order valence-corrected chi connectivity index (χ1v) is 3.50. The highest BCUT2D eigenvalue weighted by molar-refractivity contribution is 5.65. The lowest BCUT2D eigenvalue weighted by Gasteiger charge is -2.09. The summed E-state index contributed by atoms with van der Waals surface area (Å²) in [5.41, 5.74) is 0.800. The van der Waals surface area contributed by atoms with Gasteiger partial charge in [-0.25, -0.2) is 4.99 Å². The van der Waals surface area contributed by atoms with Crippen LogP contribution in [0.1, 0.15) is 6.92 Å². The minimum absolute atomic E-state index is 0.740. The molecule has 0 amide bonds. The number of allylic oxidation sites excluding steroid dienone is 1. The first kappa shape index (κ1) is 7.72. The molecule has 0 saturated heterocycles. The standard InChI is InChI=1S/C8H11N3/c1-3-7-8(9-4-2)11-6-5-10-7/h3-5,11H,1,6H2,2H3/b9-4-. The highest BCUT2D eigenvalue weighted by atomic mass is 15.1. The third-order valence-electron chi connectivity index (χ3n) is 1.29. The van der Waals surface area contributed by atoms with Gasteiger partial charge in [-0.3, -0.25) is 4.99 Å². The molecule has 0 atom stereocenters. The maximum atomic E-state index is 4.11. The van der Waals surface area contributed by atoms with Gasteiger partial charge in [0.25, 0.3) is 0 Å². The Bertz CT molecular complexity index is 236. The van der Waals surface area contributed by atoms with Crippen LogP contribution < -0.4 is 5.32 Å². The Hall–Kier alpha value is -1.38. The molecule has 0 aromatic heterocycles. The normalized spacial score (nSPS) is 17.2. The second kappa shape index (κ2) is 3.71. The quantitative estimate of drug-likeness (QED) is 0.586. The van der Waals surface area contributed by atoms with Gasteiger partial charge in [-0.05, 0) is 13.0 Å². The van der Waals surface area contributed by atoms with E-state index in [2.05, 4.69) is 21.9 Å². The number of nitrogens with zero attached hydrogens (tertiary/aromatic N) is 2. The van der Waals surface area contributed by atoms with Crippen molar-refractivity contribution in [1.29, 1.82) is 0 Å². The van der Waals surface area contributed by atoms with Crippen LogP contribution in [-0.4, -0.2) is 19.0 Å². The van der Waals surface area contributed by atoms with E-state index in [1.165, 1.54) is 0 Å². The molecular weight excluding hydrogens is 138 g/mol. The van der Waals surface area contributed by atoms with E-state index in [9.17, 15) is 0 Å². The molecule has 1 aliphatic rings. The lowest BCUT2D eigenvalue weighted by molar-refractivity contribution is 0.879. The highest BCUT2D eigenvalue weighted by Gasteiger charge is 2.02. The van der Waals surface area contributed by atoms with Crippen molar-refractivity contribution in [3.8, 4) is 0 Å². The van der Waals surface area contributed by atoms with Crippen LogP contribution in [0.5, 0.6) is 0 Å². The first-order valence-electron chi connectivity index (χ1n) is 3.50. The average molecular weight is 149 g/mol. The Morgan fingerprint density at radius 3 is 3.27 bits per heavy atom. The Morgan fingerprint density at radius 1 is 1.82 bits per heavy atom. The zero-order chi connectivity index (χ0) is 8.10. The summed E-state index contributed by atoms with van der Waals surface area (Å²) in [4.78, 5) is 8.20. The maximum absolute atomic E-state index is 4.11. The van der Waals surface area contributed by atoms with Crippen LogP contribution in [0.25, 0.3) is 0 Å². The summed E-state index contributed by atoms with van der Waals surface area (Å²) in [7, 11) is 0. The summed E-state index contributed by atoms with van der Waals surface area (Å²) in [5.74, 6) is 0.796. The molecule has 1 aliphatic heterocycles. The van der Waals surface area contributed by atoms with E-state index in [0.29, 0.717) is 0 Å². The summed E-state index contributed by atoms with van der Waals surface area (Å²) >= 11 is 0. The molecule has 0 radical (unpaired) electrons. The predicted octanol–water partition coefficient (Wildman–Crippen LogP) is 1.11. The molecule has 58 valence electrons. The van der Waals surface area contributed by atoms with Gasteiger partial charge in [0.2, 0.25) is 0 Å². The fraction of sp³-hybridized carbons (Fsp3) is 0.250. The molecule has 0 saturated carbocycles. The largest absolute Gasteiger partial charge is 0.363 e. The van der Waals surface area contributed by atoms with E-state index in [4.69, 9.17) is 0 Å². The lowest BCUT2D eigenvalue weighted by atomic mass is 10.4. The zero-order valence-electron chi connectivity index (χ0n) is 6.54. The van der Waals surface area contributed by atoms with E-state index in [-0.39, 0.29) is 0 Å². The van der Waals surface area contributed by atoms with Crippen LogP contribution in [0.4, 0.5) is 0 Å². The molecule has 3 nitrogen and oxygen atoms in total. The van der Waals surface area contributed by atoms with E-state index in [0.717, 1.165) is 18.1 Å². The Kier molecular flexibility index (Phi) is 2.60. The van der Waals surface area contributed by atoms with Crippen LogP contribution in [-0.2, 0) is 0 Å². The predicted molar refractivity (Wildman–Crippen MR) is 47.9 cm³/mol. The Morgan fingerprint density at radius 2 is 2.64 bits per heavy atom. The molecule has 11 heavy (non-hydrogen) atoms. The lowest BCUT2D eigenvalue weighted by Crippen LogP contribution is -2.19. The fourth-order valence-electron chi connectivity index (χ4n) is 0.828. The molecule has 0 bridgehead atoms. The number of aliphatic imine (C=N–C) groups is 2. The van der Waals surface area contributed by atoms with E-state index >= 15 is 0 Å². The SMILES string of the molecule is C=CC1=C(/N=C\C)NCC=N1. The maximum Gasteiger partial charge on any atom is 0.151 e. The van der Waals surface area contributed by atoms with Crippen LogP contribution in [0, 0.1) is 0 Å². The molecule has 1 N–H and O–H groups in total. The first-order chi connectivity index (χ1) is 5.38. The third-order valence-corrected chi connectivity index (χ3v) is 1.29. The summed E-state index contributed by atoms with van der Waals surface area (Å²) in [6.45, 7) is 6.24. The molecule has 0 aromatic rings. The number of rotatable bonds is 2. The molecule has 0 aliphatic carbocycles. The molecule has 0 fully saturated rings. The van der Waals surface area contributed by atoms with Gasteiger partial charge in [0.15, 0.2) is 5.82 Å². The van der Waals surface area contributed by atoms with Gasteiger partial charge >= 0.3 is 0 Å². The molecule has 3 heteroatoms. The molecule has 0 aromatic carbocycles. The van der Waals surface area contributed by atoms with E-state index in [1.54, 1.807) is 18.5 Å². The fourth-order valence-corrected chi connectivity index (χ4v) is 0.828. The van der Waals surface area contributed by atoms with Crippen LogP contribution in [0.3, 0.4) is 0 Å². The van der Waals surface area contributed by atoms with E-state index in [1.807, 2.05) is 6.92 Å². The van der Waals surface area contributed by atoms with Gasteiger partial charge in [0, 0.05) is 12.4 Å². The molecular formula is C8H11N3. The number of hydrogen-bond acceptors (Lipinski definition) is 3. The van der Waals surface area contributed by atoms with Gasteiger partial charge < -0.3 is 5.32 Å². The zero-order valence-corrected chi connectivity index (χ0v) is 6.54. The Balaban J connectivity index is 2.91. The van der Waals surface area contributed by atoms with Crippen molar-refractivity contribution in [2.45, 2.75) is 6.92 Å². The van der Waals surface area contributed by atoms with Gasteiger partial charge in [-0.2, -0.15) is 0 Å². The second-order valence-electron chi connectivity index (χ2n) is 2.02. The van der Waals surface area contributed by atoms with E-state index < -0.39 is 0 Å². The topological polar surface area (TPSA) is 36.8 Å². The van der Waals surface area contributed by atoms with Gasteiger partial charge in [0.05, 0.1) is 6.54 Å². The Labute approximate surface area is 66.2 Å². The van der Waals surface area contributed by atoms with Gasteiger partial charge in [-0.1, -0.05) is 6.58 Å². The monoisotopic (exact) mass is 149 g/mol. The summed E-state index contributed by atoms with van der Waals surface area (Å²) in [6, 6.07) is 0. The number of nitrogens with one attached hydrogen (secondary N) is 1. The van der Waals surface area contributed by atoms with Gasteiger partial charge in [0.1, 0.15) is 5.70 Å². The third kappa shape index (κ3) is 1.77. The van der Waals surface area contributed by atoms with Crippen molar-refractivity contribution in [1.82, 2.24) is 5.32 Å². The summed E-state index contributed by atoms with van der Waals surface area (Å²) < 4.78 is 0. The summed E-state index contributed by atoms with van der Waals surface area (Å²) in [5, 5.41) is 3.08. The van der Waals surface area contributed by atoms with Crippen LogP contribution in [0.2, 0.25) is 0 Å². The van der Waals surface area contributed by atoms with Crippen molar-refractivity contribution in [3.05, 3.63) is 24.2 Å². The van der Waals surface area contributed by atoms with Crippen LogP contribution >= 0.6 is 0 Å². The van der Waals surface area contributed by atoms with Crippen molar-refractivity contribution in [2.75, 3.05) is 6.54 Å². The highest BCUT2D eigenvalue weighted by Crippen LogP contribution is 2.07. The summed E-state index contributed by atoms with van der Waals surface area (Å²) in [6.07, 6.45) is 5.21. The van der Waals surface area contributed by atoms with Crippen LogP contribution in [0.15, 0.2) is 34.2 Å². The molecule has 1 heterocycles. The number of hydrogen-bond donors (Lipinski definition) is 1. The van der Waals surface area contributed by atoms with Gasteiger partial charge in [-0.15, -0.1) is 0 Å². The minimum atomic E-state index is 0.740. The molecule has 0 spiro atoms. The average Bonchev–Trinajstić information content (AvgIpc) is 2.06. The molecule has 0 unspecified atom stereocenters.